The Kier molecular flexibility index (Phi) is 2.72. The first-order valence-electron chi connectivity index (χ1n) is 5.43. The molecule has 3 heteroatoms. The van der Waals surface area contributed by atoms with Crippen LogP contribution in [0.5, 0.6) is 0 Å². The van der Waals surface area contributed by atoms with Crippen LogP contribution in [0.1, 0.15) is 32.1 Å². The van der Waals surface area contributed by atoms with E-state index < -0.39 is 0 Å². The SMILES string of the molecule is N#CCC(=O)NCC1CC2CCC1C2. The quantitative estimate of drug-likeness (QED) is 0.735. The number of nitriles is 1. The van der Waals surface area contributed by atoms with Gasteiger partial charge in [-0.2, -0.15) is 5.26 Å². The van der Waals surface area contributed by atoms with Crippen LogP contribution in [-0.4, -0.2) is 12.5 Å². The molecule has 2 aliphatic carbocycles. The van der Waals surface area contributed by atoms with Gasteiger partial charge in [0.05, 0.1) is 6.07 Å². The molecule has 0 spiro atoms. The van der Waals surface area contributed by atoms with Crippen LogP contribution in [0.25, 0.3) is 0 Å². The number of nitrogens with one attached hydrogen (secondary N) is 1. The Labute approximate surface area is 84.5 Å². The summed E-state index contributed by atoms with van der Waals surface area (Å²) >= 11 is 0. The van der Waals surface area contributed by atoms with Crippen molar-refractivity contribution in [1.82, 2.24) is 5.32 Å². The first-order chi connectivity index (χ1) is 6.79. The average Bonchev–Trinajstić information content (AvgIpc) is 2.76. The normalized spacial score (nSPS) is 34.1. The molecule has 2 bridgehead atoms. The molecule has 14 heavy (non-hydrogen) atoms. The van der Waals surface area contributed by atoms with Gasteiger partial charge in [0.1, 0.15) is 6.42 Å². The van der Waals surface area contributed by atoms with Crippen LogP contribution in [0.15, 0.2) is 0 Å². The molecule has 3 unspecified atom stereocenters. The van der Waals surface area contributed by atoms with E-state index in [-0.39, 0.29) is 12.3 Å². The van der Waals surface area contributed by atoms with E-state index in [1.165, 1.54) is 25.7 Å². The van der Waals surface area contributed by atoms with Gasteiger partial charge in [0.15, 0.2) is 0 Å². The Morgan fingerprint density at radius 2 is 2.29 bits per heavy atom. The van der Waals surface area contributed by atoms with Gasteiger partial charge < -0.3 is 5.32 Å². The van der Waals surface area contributed by atoms with E-state index in [1.54, 1.807) is 0 Å². The number of amides is 1. The highest BCUT2D eigenvalue weighted by molar-refractivity contribution is 5.77. The fourth-order valence-electron chi connectivity index (χ4n) is 3.01. The Hall–Kier alpha value is -1.04. The summed E-state index contributed by atoms with van der Waals surface area (Å²) in [7, 11) is 0. The molecule has 0 aromatic rings. The topological polar surface area (TPSA) is 52.9 Å². The molecular weight excluding hydrogens is 176 g/mol. The Bertz CT molecular complexity index is 269. The van der Waals surface area contributed by atoms with Crippen molar-refractivity contribution < 1.29 is 4.79 Å². The maximum absolute atomic E-state index is 11.1. The maximum Gasteiger partial charge on any atom is 0.234 e. The van der Waals surface area contributed by atoms with Gasteiger partial charge in [-0.3, -0.25) is 4.79 Å². The first-order valence-corrected chi connectivity index (χ1v) is 5.43. The second kappa shape index (κ2) is 4.00. The maximum atomic E-state index is 11.1. The lowest BCUT2D eigenvalue weighted by Gasteiger charge is -2.21. The number of rotatable bonds is 3. The number of carbonyl (C=O) groups is 1. The minimum atomic E-state index is -0.115. The van der Waals surface area contributed by atoms with Crippen LogP contribution in [0.3, 0.4) is 0 Å². The van der Waals surface area contributed by atoms with E-state index in [0.717, 1.165) is 18.4 Å². The lowest BCUT2D eigenvalue weighted by molar-refractivity contribution is -0.120. The van der Waals surface area contributed by atoms with Gasteiger partial charge in [-0.25, -0.2) is 0 Å². The number of nitrogens with zero attached hydrogens (tertiary/aromatic N) is 1. The van der Waals surface area contributed by atoms with Crippen LogP contribution in [0.2, 0.25) is 0 Å². The van der Waals surface area contributed by atoms with E-state index in [2.05, 4.69) is 5.32 Å². The third-order valence-electron chi connectivity index (χ3n) is 3.69. The highest BCUT2D eigenvalue weighted by atomic mass is 16.1. The fraction of sp³-hybridized carbons (Fsp3) is 0.818. The zero-order chi connectivity index (χ0) is 9.97. The summed E-state index contributed by atoms with van der Waals surface area (Å²) in [5.41, 5.74) is 0. The monoisotopic (exact) mass is 192 g/mol. The van der Waals surface area contributed by atoms with Crippen LogP contribution < -0.4 is 5.32 Å². The summed E-state index contributed by atoms with van der Waals surface area (Å²) in [5, 5.41) is 11.2. The third kappa shape index (κ3) is 1.89. The van der Waals surface area contributed by atoms with Crippen molar-refractivity contribution in [3.8, 4) is 6.07 Å². The molecule has 2 aliphatic rings. The van der Waals surface area contributed by atoms with Gasteiger partial charge in [-0.15, -0.1) is 0 Å². The van der Waals surface area contributed by atoms with Gasteiger partial charge in [-0.1, -0.05) is 6.42 Å². The lowest BCUT2D eigenvalue weighted by Crippen LogP contribution is -2.31. The van der Waals surface area contributed by atoms with E-state index in [4.69, 9.17) is 5.26 Å². The summed E-state index contributed by atoms with van der Waals surface area (Å²) in [6.45, 7) is 0.793. The van der Waals surface area contributed by atoms with E-state index in [1.807, 2.05) is 6.07 Å². The molecule has 1 amide bonds. The lowest BCUT2D eigenvalue weighted by atomic mass is 9.89. The largest absolute Gasteiger partial charge is 0.355 e. The first kappa shape index (κ1) is 9.51. The fourth-order valence-corrected chi connectivity index (χ4v) is 3.01. The van der Waals surface area contributed by atoms with Crippen LogP contribution in [0.4, 0.5) is 0 Å². The van der Waals surface area contributed by atoms with Gasteiger partial charge in [-0.05, 0) is 37.0 Å². The summed E-state index contributed by atoms with van der Waals surface area (Å²) in [6, 6.07) is 1.86. The molecule has 0 aliphatic heterocycles. The Balaban J connectivity index is 1.72. The molecule has 0 saturated heterocycles. The molecule has 0 radical (unpaired) electrons. The summed E-state index contributed by atoms with van der Waals surface area (Å²) in [5.74, 6) is 2.35. The van der Waals surface area contributed by atoms with Crippen molar-refractivity contribution in [3.05, 3.63) is 0 Å². The number of fused-ring (bicyclic) bond motifs is 2. The molecule has 3 atom stereocenters. The van der Waals surface area contributed by atoms with Crippen LogP contribution >= 0.6 is 0 Å². The van der Waals surface area contributed by atoms with E-state index in [9.17, 15) is 4.79 Å². The van der Waals surface area contributed by atoms with Gasteiger partial charge in [0.2, 0.25) is 5.91 Å². The zero-order valence-electron chi connectivity index (χ0n) is 8.33. The van der Waals surface area contributed by atoms with E-state index >= 15 is 0 Å². The predicted octanol–water partition coefficient (Wildman–Crippen LogP) is 1.45. The number of carbonyl (C=O) groups excluding carboxylic acids is 1. The molecule has 0 heterocycles. The predicted molar refractivity (Wildman–Crippen MR) is 52.2 cm³/mol. The Morgan fingerprint density at radius 1 is 1.43 bits per heavy atom. The van der Waals surface area contributed by atoms with Gasteiger partial charge >= 0.3 is 0 Å². The standard InChI is InChI=1S/C11H16N2O/c12-4-3-11(14)13-7-10-6-8-1-2-9(10)5-8/h8-10H,1-3,5-7H2,(H,13,14). The van der Waals surface area contributed by atoms with Crippen molar-refractivity contribution in [2.75, 3.05) is 6.54 Å². The molecule has 2 fully saturated rings. The third-order valence-corrected chi connectivity index (χ3v) is 3.69. The molecule has 2 rings (SSSR count). The minimum absolute atomic E-state index is 0.000809. The van der Waals surface area contributed by atoms with Crippen molar-refractivity contribution in [3.63, 3.8) is 0 Å². The second-order valence-electron chi connectivity index (χ2n) is 4.57. The van der Waals surface area contributed by atoms with Crippen molar-refractivity contribution >= 4 is 5.91 Å². The average molecular weight is 192 g/mol. The smallest absolute Gasteiger partial charge is 0.234 e. The highest BCUT2D eigenvalue weighted by Crippen LogP contribution is 2.47. The molecule has 76 valence electrons. The van der Waals surface area contributed by atoms with Crippen LogP contribution in [-0.2, 0) is 4.79 Å². The number of hydrogen-bond acceptors (Lipinski definition) is 2. The summed E-state index contributed by atoms with van der Waals surface area (Å²) in [4.78, 5) is 11.1. The second-order valence-corrected chi connectivity index (χ2v) is 4.57. The molecule has 0 aromatic carbocycles. The van der Waals surface area contributed by atoms with Crippen molar-refractivity contribution in [2.24, 2.45) is 17.8 Å². The number of hydrogen-bond donors (Lipinski definition) is 1. The van der Waals surface area contributed by atoms with Crippen LogP contribution in [0, 0.1) is 29.1 Å². The van der Waals surface area contributed by atoms with E-state index in [0.29, 0.717) is 5.92 Å². The van der Waals surface area contributed by atoms with Gasteiger partial charge in [0.25, 0.3) is 0 Å². The van der Waals surface area contributed by atoms with Crippen molar-refractivity contribution in [1.29, 1.82) is 5.26 Å². The molecule has 1 N–H and O–H groups in total. The summed E-state index contributed by atoms with van der Waals surface area (Å²) < 4.78 is 0. The van der Waals surface area contributed by atoms with Gasteiger partial charge in [0, 0.05) is 6.54 Å². The highest BCUT2D eigenvalue weighted by Gasteiger charge is 2.39. The molecule has 0 aromatic heterocycles. The molecule has 2 saturated carbocycles. The summed E-state index contributed by atoms with van der Waals surface area (Å²) in [6.07, 6.45) is 5.41. The minimum Gasteiger partial charge on any atom is -0.355 e. The van der Waals surface area contributed by atoms with Crippen molar-refractivity contribution in [2.45, 2.75) is 32.1 Å². The zero-order valence-corrected chi connectivity index (χ0v) is 8.33. The molecular formula is C11H16N2O. The Morgan fingerprint density at radius 3 is 2.86 bits per heavy atom. The molecule has 3 nitrogen and oxygen atoms in total.